The molecular formula is C23H17ClF3N9O. The number of benzene rings is 1. The van der Waals surface area contributed by atoms with E-state index in [1.54, 1.807) is 25.1 Å². The van der Waals surface area contributed by atoms with Gasteiger partial charge in [-0.2, -0.15) is 23.3 Å². The van der Waals surface area contributed by atoms with Crippen molar-refractivity contribution < 1.29 is 18.0 Å². The van der Waals surface area contributed by atoms with E-state index < -0.39 is 22.8 Å². The Morgan fingerprint density at radius 1 is 1.00 bits per heavy atom. The summed E-state index contributed by atoms with van der Waals surface area (Å²) in [7, 11) is 0. The van der Waals surface area contributed by atoms with Gasteiger partial charge in [-0.3, -0.25) is 10.4 Å². The zero-order valence-electron chi connectivity index (χ0n) is 18.9. The third-order valence-corrected chi connectivity index (χ3v) is 4.96. The Hall–Kier alpha value is -4.83. The van der Waals surface area contributed by atoms with Gasteiger partial charge < -0.3 is 16.0 Å². The maximum Gasteiger partial charge on any atom is 0.417 e. The van der Waals surface area contributed by atoms with Crippen LogP contribution in [0.5, 0.6) is 0 Å². The van der Waals surface area contributed by atoms with Crippen molar-refractivity contribution in [1.82, 2.24) is 25.1 Å². The number of rotatable bonds is 6. The topological polar surface area (TPSA) is 133 Å². The molecule has 0 saturated carbocycles. The summed E-state index contributed by atoms with van der Waals surface area (Å²) < 4.78 is 39.0. The molecule has 0 aliphatic carbocycles. The molecule has 0 fully saturated rings. The number of urea groups is 1. The third kappa shape index (κ3) is 6.65. The SMILES string of the molecule is C#Cc1cc(Nc2cc(C)nc(Nc3ccc(NC(=O)Nc4ccc(Cl)c(C(F)(F)F)c4)nc3)n2)n[nH]1. The highest BCUT2D eigenvalue weighted by Gasteiger charge is 2.33. The molecule has 2 amide bonds. The van der Waals surface area contributed by atoms with Crippen molar-refractivity contribution in [1.29, 1.82) is 0 Å². The minimum atomic E-state index is -4.65. The second-order valence-corrected chi connectivity index (χ2v) is 7.89. The van der Waals surface area contributed by atoms with Crippen molar-refractivity contribution in [2.24, 2.45) is 0 Å². The monoisotopic (exact) mass is 527 g/mol. The van der Waals surface area contributed by atoms with E-state index in [1.165, 1.54) is 18.3 Å². The largest absolute Gasteiger partial charge is 0.417 e. The highest BCUT2D eigenvalue weighted by molar-refractivity contribution is 6.31. The molecule has 1 aromatic carbocycles. The van der Waals surface area contributed by atoms with Gasteiger partial charge in [0.1, 0.15) is 17.3 Å². The number of aromatic nitrogens is 5. The van der Waals surface area contributed by atoms with Crippen LogP contribution in [0.3, 0.4) is 0 Å². The van der Waals surface area contributed by atoms with Crippen molar-refractivity contribution in [3.05, 3.63) is 70.6 Å². The fourth-order valence-corrected chi connectivity index (χ4v) is 3.27. The van der Waals surface area contributed by atoms with Crippen LogP contribution in [0.1, 0.15) is 17.0 Å². The molecular weight excluding hydrogens is 511 g/mol. The van der Waals surface area contributed by atoms with Crippen LogP contribution in [0.2, 0.25) is 5.02 Å². The van der Waals surface area contributed by atoms with E-state index in [4.69, 9.17) is 18.0 Å². The van der Waals surface area contributed by atoms with Gasteiger partial charge in [-0.25, -0.2) is 14.8 Å². The van der Waals surface area contributed by atoms with Crippen molar-refractivity contribution in [3.8, 4) is 12.3 Å². The molecule has 0 aliphatic rings. The molecule has 0 unspecified atom stereocenters. The molecule has 10 nitrogen and oxygen atoms in total. The van der Waals surface area contributed by atoms with E-state index in [0.717, 1.165) is 12.1 Å². The summed E-state index contributed by atoms with van der Waals surface area (Å²) >= 11 is 5.59. The Morgan fingerprint density at radius 3 is 2.46 bits per heavy atom. The first kappa shape index (κ1) is 25.3. The molecule has 0 radical (unpaired) electrons. The number of carbonyl (C=O) groups excluding carboxylic acids is 1. The molecule has 0 bridgehead atoms. The number of nitrogens with one attached hydrogen (secondary N) is 5. The summed E-state index contributed by atoms with van der Waals surface area (Å²) in [5.41, 5.74) is 0.563. The summed E-state index contributed by atoms with van der Waals surface area (Å²) in [6.45, 7) is 1.79. The Labute approximate surface area is 213 Å². The molecule has 37 heavy (non-hydrogen) atoms. The van der Waals surface area contributed by atoms with Gasteiger partial charge in [0.15, 0.2) is 5.82 Å². The molecule has 0 aliphatic heterocycles. The average molecular weight is 528 g/mol. The Balaban J connectivity index is 1.38. The number of alkyl halides is 3. The Bertz CT molecular complexity index is 1480. The van der Waals surface area contributed by atoms with Crippen LogP contribution in [0.25, 0.3) is 0 Å². The predicted molar refractivity (Wildman–Crippen MR) is 133 cm³/mol. The van der Waals surface area contributed by atoms with Crippen LogP contribution in [0.15, 0.2) is 48.7 Å². The smallest absolute Gasteiger partial charge is 0.323 e. The number of halogens is 4. The molecule has 0 saturated heterocycles. The highest BCUT2D eigenvalue weighted by Crippen LogP contribution is 2.36. The quantitative estimate of drug-likeness (QED) is 0.203. The van der Waals surface area contributed by atoms with E-state index >= 15 is 0 Å². The number of H-pyrrole nitrogens is 1. The fourth-order valence-electron chi connectivity index (χ4n) is 3.05. The lowest BCUT2D eigenvalue weighted by Gasteiger charge is -2.12. The van der Waals surface area contributed by atoms with Gasteiger partial charge in [0.05, 0.1) is 22.5 Å². The zero-order chi connectivity index (χ0) is 26.6. The lowest BCUT2D eigenvalue weighted by atomic mass is 10.2. The molecule has 4 aromatic rings. The molecule has 3 heterocycles. The number of nitrogens with zero attached hydrogens (tertiary/aromatic N) is 4. The number of hydrogen-bond donors (Lipinski definition) is 5. The first-order valence-corrected chi connectivity index (χ1v) is 10.8. The second-order valence-electron chi connectivity index (χ2n) is 7.48. The number of hydrogen-bond acceptors (Lipinski definition) is 7. The molecule has 0 spiro atoms. The van der Waals surface area contributed by atoms with Gasteiger partial charge in [0, 0.05) is 23.5 Å². The van der Waals surface area contributed by atoms with Gasteiger partial charge in [0.25, 0.3) is 0 Å². The first-order valence-electron chi connectivity index (χ1n) is 10.4. The highest BCUT2D eigenvalue weighted by atomic mass is 35.5. The summed E-state index contributed by atoms with van der Waals surface area (Å²) in [6, 6.07) is 8.74. The Morgan fingerprint density at radius 2 is 1.78 bits per heavy atom. The number of aryl methyl sites for hydroxylation is 1. The van der Waals surface area contributed by atoms with Crippen LogP contribution in [0.4, 0.5) is 52.7 Å². The van der Waals surface area contributed by atoms with Gasteiger partial charge in [0.2, 0.25) is 5.95 Å². The summed E-state index contributed by atoms with van der Waals surface area (Å²) in [5, 5.41) is 17.0. The number of aromatic amines is 1. The zero-order valence-corrected chi connectivity index (χ0v) is 19.7. The molecule has 0 atom stereocenters. The lowest BCUT2D eigenvalue weighted by Crippen LogP contribution is -2.20. The number of carbonyl (C=O) groups is 1. The number of pyridine rings is 1. The van der Waals surface area contributed by atoms with E-state index in [-0.39, 0.29) is 17.5 Å². The van der Waals surface area contributed by atoms with E-state index in [2.05, 4.69) is 52.3 Å². The Kier molecular flexibility index (Phi) is 7.12. The van der Waals surface area contributed by atoms with Gasteiger partial charge in [-0.1, -0.05) is 17.5 Å². The molecule has 188 valence electrons. The number of amides is 2. The normalized spacial score (nSPS) is 10.9. The minimum Gasteiger partial charge on any atom is -0.323 e. The third-order valence-electron chi connectivity index (χ3n) is 4.63. The predicted octanol–water partition coefficient (Wildman–Crippen LogP) is 5.69. The van der Waals surface area contributed by atoms with Crippen LogP contribution >= 0.6 is 11.6 Å². The maximum absolute atomic E-state index is 13.0. The van der Waals surface area contributed by atoms with Crippen LogP contribution < -0.4 is 21.3 Å². The molecule has 3 aromatic heterocycles. The van der Waals surface area contributed by atoms with Gasteiger partial charge in [-0.15, -0.1) is 6.42 Å². The molecule has 5 N–H and O–H groups in total. The fraction of sp³-hybridized carbons (Fsp3) is 0.0870. The average Bonchev–Trinajstić information content (AvgIpc) is 3.28. The minimum absolute atomic E-state index is 0.0844. The number of terminal acetylenes is 1. The van der Waals surface area contributed by atoms with E-state index in [1.807, 2.05) is 0 Å². The van der Waals surface area contributed by atoms with Crippen molar-refractivity contribution in [3.63, 3.8) is 0 Å². The van der Waals surface area contributed by atoms with Crippen LogP contribution in [0, 0.1) is 19.3 Å². The summed E-state index contributed by atoms with van der Waals surface area (Å²) in [5.74, 6) is 3.84. The summed E-state index contributed by atoms with van der Waals surface area (Å²) in [4.78, 5) is 25.0. The van der Waals surface area contributed by atoms with Gasteiger partial charge >= 0.3 is 12.2 Å². The van der Waals surface area contributed by atoms with Crippen LogP contribution in [-0.2, 0) is 6.18 Å². The second kappa shape index (κ2) is 10.4. The van der Waals surface area contributed by atoms with Crippen molar-refractivity contribution in [2.45, 2.75) is 13.1 Å². The molecule has 14 heteroatoms. The first-order chi connectivity index (χ1) is 17.6. The molecule has 4 rings (SSSR count). The van der Waals surface area contributed by atoms with E-state index in [0.29, 0.717) is 28.7 Å². The standard InChI is InChI=1S/C23H17ClF3N9O/c1-3-13-10-20(36-35-13)32-19-8-12(2)29-21(33-19)30-15-5-7-18(28-11-15)34-22(37)31-14-4-6-17(24)16(9-14)23(25,26)27/h1,4-11H,2H3,(H2,28,31,34,37)(H3,29,30,32,33,35,36). The van der Waals surface area contributed by atoms with Gasteiger partial charge in [-0.05, 0) is 37.3 Å². The lowest BCUT2D eigenvalue weighted by molar-refractivity contribution is -0.137. The van der Waals surface area contributed by atoms with Crippen molar-refractivity contribution >= 4 is 52.4 Å². The maximum atomic E-state index is 13.0. The van der Waals surface area contributed by atoms with Crippen LogP contribution in [-0.4, -0.2) is 31.2 Å². The van der Waals surface area contributed by atoms with E-state index in [9.17, 15) is 18.0 Å². The number of anilines is 6. The van der Waals surface area contributed by atoms with Crippen molar-refractivity contribution in [2.75, 3.05) is 21.3 Å². The summed E-state index contributed by atoms with van der Waals surface area (Å²) in [6.07, 6.45) is 2.10.